The zero-order valence-corrected chi connectivity index (χ0v) is 13.7. The molecule has 0 radical (unpaired) electrons. The van der Waals surface area contributed by atoms with E-state index < -0.39 is 17.8 Å². The first kappa shape index (κ1) is 17.2. The van der Waals surface area contributed by atoms with Crippen molar-refractivity contribution in [2.24, 2.45) is 5.92 Å². The Morgan fingerprint density at radius 3 is 2.14 bits per heavy atom. The summed E-state index contributed by atoms with van der Waals surface area (Å²) in [5.74, 6) is 0.264. The molecular weight excluding hydrogens is 315 g/mol. The third kappa shape index (κ3) is 3.10. The quantitative estimate of drug-likeness (QED) is 0.723. The molecule has 6 heteroatoms. The standard InChI is InChI=1S/C16H19ClF3NO/c1-10(2)15(3,4)21-14(13(17)9-22-21)11-5-7-12(8-6-11)16(18,19)20/h5-10,14H,1-4H3. The normalized spacial score (nSPS) is 20.2. The number of nitrogens with zero attached hydrogens (tertiary/aromatic N) is 1. The minimum Gasteiger partial charge on any atom is -0.411 e. The molecule has 0 N–H and O–H groups in total. The smallest absolute Gasteiger partial charge is 0.411 e. The minimum absolute atomic E-state index is 0.264. The lowest BCUT2D eigenvalue weighted by atomic mass is 9.88. The largest absolute Gasteiger partial charge is 0.416 e. The fourth-order valence-electron chi connectivity index (χ4n) is 2.22. The Labute approximate surface area is 133 Å². The van der Waals surface area contributed by atoms with Crippen LogP contribution >= 0.6 is 11.6 Å². The van der Waals surface area contributed by atoms with Crippen molar-refractivity contribution in [1.82, 2.24) is 5.06 Å². The summed E-state index contributed by atoms with van der Waals surface area (Å²) >= 11 is 6.22. The molecule has 0 saturated heterocycles. The SMILES string of the molecule is CC(C)C(C)(C)N1OC=C(Cl)C1c1ccc(C(F)(F)F)cc1. The molecule has 0 saturated carbocycles. The van der Waals surface area contributed by atoms with Crippen molar-refractivity contribution in [1.29, 1.82) is 0 Å². The van der Waals surface area contributed by atoms with E-state index in [0.717, 1.165) is 12.1 Å². The maximum Gasteiger partial charge on any atom is 0.416 e. The maximum absolute atomic E-state index is 12.7. The van der Waals surface area contributed by atoms with Crippen LogP contribution in [0.25, 0.3) is 0 Å². The predicted molar refractivity (Wildman–Crippen MR) is 80.0 cm³/mol. The summed E-state index contributed by atoms with van der Waals surface area (Å²) < 4.78 is 38.0. The van der Waals surface area contributed by atoms with E-state index in [1.165, 1.54) is 18.4 Å². The Morgan fingerprint density at radius 1 is 1.14 bits per heavy atom. The highest BCUT2D eigenvalue weighted by molar-refractivity contribution is 6.30. The van der Waals surface area contributed by atoms with Gasteiger partial charge < -0.3 is 4.84 Å². The third-order valence-electron chi connectivity index (χ3n) is 4.31. The first-order valence-electron chi connectivity index (χ1n) is 7.04. The summed E-state index contributed by atoms with van der Waals surface area (Å²) in [5, 5.41) is 2.19. The summed E-state index contributed by atoms with van der Waals surface area (Å²) in [6, 6.07) is 4.63. The van der Waals surface area contributed by atoms with Crippen LogP contribution in [0.1, 0.15) is 44.9 Å². The Kier molecular flexibility index (Phi) is 4.51. The van der Waals surface area contributed by atoms with Gasteiger partial charge in [0.15, 0.2) is 0 Å². The monoisotopic (exact) mass is 333 g/mol. The zero-order valence-electron chi connectivity index (χ0n) is 12.9. The first-order chi connectivity index (χ1) is 10.0. The molecule has 0 fully saturated rings. The van der Waals surface area contributed by atoms with Gasteiger partial charge in [0.25, 0.3) is 0 Å². The van der Waals surface area contributed by atoms with E-state index in [-0.39, 0.29) is 11.5 Å². The van der Waals surface area contributed by atoms with Gasteiger partial charge >= 0.3 is 6.18 Å². The zero-order chi connectivity index (χ0) is 16.7. The molecule has 1 aromatic rings. The van der Waals surface area contributed by atoms with Gasteiger partial charge in [0, 0.05) is 0 Å². The second-order valence-corrected chi connectivity index (χ2v) is 6.70. The summed E-state index contributed by atoms with van der Waals surface area (Å²) in [4.78, 5) is 5.57. The van der Waals surface area contributed by atoms with Crippen LogP contribution in [0.4, 0.5) is 13.2 Å². The molecule has 0 amide bonds. The van der Waals surface area contributed by atoms with E-state index in [2.05, 4.69) is 13.8 Å². The average molecular weight is 334 g/mol. The van der Waals surface area contributed by atoms with Crippen LogP contribution in [0.3, 0.4) is 0 Å². The van der Waals surface area contributed by atoms with Crippen LogP contribution in [-0.2, 0) is 11.0 Å². The molecule has 2 nitrogen and oxygen atoms in total. The Hall–Kier alpha value is -1.20. The molecule has 1 aromatic carbocycles. The maximum atomic E-state index is 12.7. The molecule has 1 unspecified atom stereocenters. The lowest BCUT2D eigenvalue weighted by Crippen LogP contribution is -2.47. The van der Waals surface area contributed by atoms with Crippen LogP contribution in [-0.4, -0.2) is 10.6 Å². The molecule has 1 aliphatic rings. The topological polar surface area (TPSA) is 12.5 Å². The van der Waals surface area contributed by atoms with Crippen molar-refractivity contribution in [3.8, 4) is 0 Å². The first-order valence-corrected chi connectivity index (χ1v) is 7.41. The summed E-state index contributed by atoms with van der Waals surface area (Å²) in [6.07, 6.45) is -2.91. The van der Waals surface area contributed by atoms with Crippen molar-refractivity contribution in [3.63, 3.8) is 0 Å². The van der Waals surface area contributed by atoms with Crippen LogP contribution in [0.15, 0.2) is 35.6 Å². The molecule has 1 atom stereocenters. The van der Waals surface area contributed by atoms with E-state index in [0.29, 0.717) is 10.6 Å². The van der Waals surface area contributed by atoms with Crippen molar-refractivity contribution in [2.75, 3.05) is 0 Å². The molecule has 0 bridgehead atoms. The molecule has 22 heavy (non-hydrogen) atoms. The average Bonchev–Trinajstić information content (AvgIpc) is 2.80. The fraction of sp³-hybridized carbons (Fsp3) is 0.500. The predicted octanol–water partition coefficient (Wildman–Crippen LogP) is 5.51. The molecule has 122 valence electrons. The van der Waals surface area contributed by atoms with Gasteiger partial charge in [0.2, 0.25) is 0 Å². The van der Waals surface area contributed by atoms with E-state index in [1.807, 2.05) is 13.8 Å². The number of alkyl halides is 3. The van der Waals surface area contributed by atoms with Gasteiger partial charge in [-0.2, -0.15) is 13.2 Å². The highest BCUT2D eigenvalue weighted by atomic mass is 35.5. The van der Waals surface area contributed by atoms with E-state index >= 15 is 0 Å². The second kappa shape index (κ2) is 5.78. The molecule has 0 aromatic heterocycles. The Morgan fingerprint density at radius 2 is 1.68 bits per heavy atom. The number of hydrogen-bond donors (Lipinski definition) is 0. The minimum atomic E-state index is -4.35. The van der Waals surface area contributed by atoms with E-state index in [9.17, 15) is 13.2 Å². The lowest BCUT2D eigenvalue weighted by Gasteiger charge is -2.40. The van der Waals surface area contributed by atoms with Crippen LogP contribution in [0, 0.1) is 5.92 Å². The van der Waals surface area contributed by atoms with Gasteiger partial charge in [0.1, 0.15) is 12.3 Å². The van der Waals surface area contributed by atoms with Gasteiger partial charge in [-0.1, -0.05) is 37.6 Å². The number of rotatable bonds is 3. The summed E-state index contributed by atoms with van der Waals surface area (Å²) in [5.41, 5.74) is -0.342. The van der Waals surface area contributed by atoms with Crippen LogP contribution in [0.2, 0.25) is 0 Å². The molecule has 1 aliphatic heterocycles. The molecule has 2 rings (SSSR count). The highest BCUT2D eigenvalue weighted by Gasteiger charge is 2.42. The summed E-state index contributed by atoms with van der Waals surface area (Å²) in [6.45, 7) is 8.13. The molecular formula is C16H19ClF3NO. The highest BCUT2D eigenvalue weighted by Crippen LogP contribution is 2.43. The van der Waals surface area contributed by atoms with Crippen molar-refractivity contribution in [2.45, 2.75) is 45.5 Å². The number of benzene rings is 1. The van der Waals surface area contributed by atoms with Gasteiger partial charge in [-0.15, -0.1) is 5.06 Å². The third-order valence-corrected chi connectivity index (χ3v) is 4.61. The van der Waals surface area contributed by atoms with Crippen molar-refractivity contribution >= 4 is 11.6 Å². The lowest BCUT2D eigenvalue weighted by molar-refractivity contribution is -0.187. The van der Waals surface area contributed by atoms with Gasteiger partial charge in [-0.25, -0.2) is 0 Å². The van der Waals surface area contributed by atoms with Crippen LogP contribution in [0.5, 0.6) is 0 Å². The van der Waals surface area contributed by atoms with Crippen molar-refractivity contribution in [3.05, 3.63) is 46.7 Å². The second-order valence-electron chi connectivity index (χ2n) is 6.26. The van der Waals surface area contributed by atoms with Gasteiger partial charge in [-0.3, -0.25) is 0 Å². The van der Waals surface area contributed by atoms with E-state index in [4.69, 9.17) is 16.4 Å². The van der Waals surface area contributed by atoms with Crippen LogP contribution < -0.4 is 0 Å². The van der Waals surface area contributed by atoms with Gasteiger partial charge in [0.05, 0.1) is 16.1 Å². The number of hydrogen-bond acceptors (Lipinski definition) is 2. The van der Waals surface area contributed by atoms with Crippen molar-refractivity contribution < 1.29 is 18.0 Å². The Balaban J connectivity index is 2.34. The number of hydroxylamine groups is 2. The fourth-order valence-corrected chi connectivity index (χ4v) is 2.47. The molecule has 0 aliphatic carbocycles. The molecule has 1 heterocycles. The number of halogens is 4. The Bertz CT molecular complexity index is 564. The molecule has 0 spiro atoms. The summed E-state index contributed by atoms with van der Waals surface area (Å²) in [7, 11) is 0. The van der Waals surface area contributed by atoms with E-state index in [1.54, 1.807) is 5.06 Å². The van der Waals surface area contributed by atoms with Gasteiger partial charge in [-0.05, 0) is 37.5 Å².